The largest absolute Gasteiger partial charge is 0.0622 e. The SMILES string of the molecule is Cc1c(-c2ccccc2)cccc1C(C)C.Cc1cc(C(C)(C)C)cc(C)c1C.Cc1ccc(-c2c(C)cccc2C)cc1.Cc1ccc(-c2cc(C)cc(C)c2)cc1.Cc1ccc(-c2ccc(C)cc2)cc1.Cc1ccc(-c2ccc(C)cc2C)cc1.Cc1ccc(-c2cccc(C)c2)cc1.Cc1ccc(-c2ccccc2C)cc1. The van der Waals surface area contributed by atoms with E-state index in [0.717, 1.165) is 0 Å². The minimum atomic E-state index is 0.267. The maximum atomic E-state index is 2.31. The molecule has 0 heterocycles. The van der Waals surface area contributed by atoms with Gasteiger partial charge in [-0.25, -0.2) is 0 Å². The van der Waals surface area contributed by atoms with Crippen LogP contribution in [0.2, 0.25) is 0 Å². The molecule has 116 heavy (non-hydrogen) atoms. The lowest BCUT2D eigenvalue weighted by Crippen LogP contribution is -2.12. The third kappa shape index (κ3) is 27.8. The summed E-state index contributed by atoms with van der Waals surface area (Å²) in [5.74, 6) is 0.587. The van der Waals surface area contributed by atoms with Gasteiger partial charge in [-0.2, -0.15) is 0 Å². The first-order valence-corrected chi connectivity index (χ1v) is 41.4. The highest BCUT2D eigenvalue weighted by molar-refractivity contribution is 5.73. The first-order chi connectivity index (χ1) is 55.3. The number of hydrogen-bond acceptors (Lipinski definition) is 0. The van der Waals surface area contributed by atoms with Gasteiger partial charge in [-0.15, -0.1) is 0 Å². The van der Waals surface area contributed by atoms with Crippen LogP contribution in [0, 0.1) is 132 Å². The standard InChI is InChI=1S/C16H18.3C15H16.3C14H14.C13H20/c1-12(2)15-10-7-11-16(13(15)3)14-8-5-4-6-9-14;1-11-4-7-14(8-5-11)15-9-6-12(2)10-13(15)3;1-11-4-6-14(7-5-11)15-9-12(2)8-13(3)10-15;1-11-7-9-14(10-8-11)15-12(2)5-4-6-13(15)3;1-11-3-7-13(8-4-11)14-9-5-12(2)6-10-14;1-11-6-8-13(9-7-11)14-5-3-4-12(2)10-14;1-11-7-9-13(10-8-11)14-6-4-3-5-12(14)2;1-9-7-12(13(4,5)6)8-10(2)11(9)3/h4-12H,1-3H3;3*4-10H,1-3H3;3*3-10H,1-2H3;7-8H,1-6H3. The molecule has 15 aromatic rings. The van der Waals surface area contributed by atoms with E-state index in [0.29, 0.717) is 5.92 Å². The van der Waals surface area contributed by atoms with Crippen LogP contribution in [0.3, 0.4) is 0 Å². The zero-order valence-corrected chi connectivity index (χ0v) is 74.3. The minimum absolute atomic E-state index is 0.267. The van der Waals surface area contributed by atoms with Gasteiger partial charge < -0.3 is 0 Å². The maximum absolute atomic E-state index is 2.31. The van der Waals surface area contributed by atoms with Crippen molar-refractivity contribution in [2.24, 2.45) is 0 Å². The summed E-state index contributed by atoms with van der Waals surface area (Å²) in [6.45, 7) is 52.1. The zero-order chi connectivity index (χ0) is 84.2. The van der Waals surface area contributed by atoms with Crippen molar-refractivity contribution in [2.75, 3.05) is 0 Å². The van der Waals surface area contributed by atoms with Gasteiger partial charge in [0.15, 0.2) is 0 Å². The Morgan fingerprint density at radius 1 is 0.181 bits per heavy atom. The summed E-state index contributed by atoms with van der Waals surface area (Å²) in [7, 11) is 0. The molecule has 0 unspecified atom stereocenters. The minimum Gasteiger partial charge on any atom is -0.0622 e. The Morgan fingerprint density at radius 3 is 0.897 bits per heavy atom. The molecule has 0 amide bonds. The van der Waals surface area contributed by atoms with Crippen LogP contribution < -0.4 is 0 Å². The van der Waals surface area contributed by atoms with Gasteiger partial charge in [0.05, 0.1) is 0 Å². The van der Waals surface area contributed by atoms with Crippen LogP contribution in [0.4, 0.5) is 0 Å². The highest BCUT2D eigenvalue weighted by Crippen LogP contribution is 2.33. The van der Waals surface area contributed by atoms with Crippen molar-refractivity contribution >= 4 is 0 Å². The van der Waals surface area contributed by atoms with Crippen molar-refractivity contribution in [1.82, 2.24) is 0 Å². The molecular weight excluding hydrogens is 1390 g/mol. The number of aryl methyl sites for hydroxylation is 17. The smallest absolute Gasteiger partial charge is 0.0125 e. The van der Waals surface area contributed by atoms with Crippen LogP contribution >= 0.6 is 0 Å². The van der Waals surface area contributed by atoms with Crippen LogP contribution in [0.5, 0.6) is 0 Å². The third-order valence-corrected chi connectivity index (χ3v) is 21.4. The van der Waals surface area contributed by atoms with Gasteiger partial charge in [-0.05, 0) is 276 Å². The summed E-state index contributed by atoms with van der Waals surface area (Å²) < 4.78 is 0. The molecule has 0 aliphatic heterocycles. The summed E-state index contributed by atoms with van der Waals surface area (Å²) in [6.07, 6.45) is 0. The Labute approximate surface area is 701 Å². The predicted octanol–water partition coefficient (Wildman–Crippen LogP) is 33.4. The normalized spacial score (nSPS) is 10.5. The van der Waals surface area contributed by atoms with Gasteiger partial charge in [-0.1, -0.05) is 429 Å². The summed E-state index contributed by atoms with van der Waals surface area (Å²) >= 11 is 0. The van der Waals surface area contributed by atoms with Crippen molar-refractivity contribution in [2.45, 2.75) is 178 Å². The van der Waals surface area contributed by atoms with Gasteiger partial charge in [-0.3, -0.25) is 0 Å². The fourth-order valence-corrected chi connectivity index (χ4v) is 14.1. The Bertz CT molecular complexity index is 5420. The predicted molar refractivity (Wildman–Crippen MR) is 512 cm³/mol. The van der Waals surface area contributed by atoms with E-state index in [1.807, 2.05) is 0 Å². The molecule has 0 heteroatoms. The van der Waals surface area contributed by atoms with Crippen LogP contribution in [-0.2, 0) is 5.41 Å². The van der Waals surface area contributed by atoms with Crippen molar-refractivity contribution in [3.05, 3.63) is 450 Å². The Balaban J connectivity index is 0.000000166. The summed E-state index contributed by atoms with van der Waals surface area (Å²) in [5.41, 5.74) is 47.0. The second-order valence-corrected chi connectivity index (χ2v) is 33.2. The zero-order valence-electron chi connectivity index (χ0n) is 74.3. The number of benzene rings is 15. The average molecular weight is 1520 g/mol. The molecule has 0 saturated carbocycles. The van der Waals surface area contributed by atoms with Crippen LogP contribution in [-0.4, -0.2) is 0 Å². The highest BCUT2D eigenvalue weighted by atomic mass is 14.2. The lowest BCUT2D eigenvalue weighted by molar-refractivity contribution is 0.589. The third-order valence-electron chi connectivity index (χ3n) is 21.4. The van der Waals surface area contributed by atoms with Crippen molar-refractivity contribution in [3.8, 4) is 77.9 Å². The van der Waals surface area contributed by atoms with E-state index in [4.69, 9.17) is 0 Å². The van der Waals surface area contributed by atoms with E-state index in [2.05, 4.69) is 500 Å². The number of rotatable bonds is 8. The monoisotopic (exact) mass is 1520 g/mol. The Morgan fingerprint density at radius 2 is 0.491 bits per heavy atom. The van der Waals surface area contributed by atoms with E-state index in [9.17, 15) is 0 Å². The summed E-state index contributed by atoms with van der Waals surface area (Å²) in [5, 5.41) is 0. The molecule has 0 aromatic heterocycles. The van der Waals surface area contributed by atoms with Crippen LogP contribution in [0.25, 0.3) is 77.9 Å². The quantitative estimate of drug-likeness (QED) is 0.142. The Hall–Kier alpha value is -11.7. The molecule has 0 spiro atoms. The summed E-state index contributed by atoms with van der Waals surface area (Å²) in [4.78, 5) is 0. The van der Waals surface area contributed by atoms with Crippen molar-refractivity contribution in [1.29, 1.82) is 0 Å². The van der Waals surface area contributed by atoms with E-state index >= 15 is 0 Å². The van der Waals surface area contributed by atoms with Gasteiger partial charge >= 0.3 is 0 Å². The Kier molecular flexibility index (Phi) is 33.8. The van der Waals surface area contributed by atoms with E-state index in [-0.39, 0.29) is 5.41 Å². The molecular formula is C116H128. The second kappa shape index (κ2) is 43.7. The average Bonchev–Trinajstić information content (AvgIpc) is 0.827. The molecule has 592 valence electrons. The lowest BCUT2D eigenvalue weighted by atomic mass is 9.84. The first kappa shape index (κ1) is 89.8. The van der Waals surface area contributed by atoms with Crippen molar-refractivity contribution < 1.29 is 0 Å². The van der Waals surface area contributed by atoms with Gasteiger partial charge in [0.2, 0.25) is 0 Å². The number of hydrogen-bond donors (Lipinski definition) is 0. The lowest BCUT2D eigenvalue weighted by Gasteiger charge is -2.21. The molecule has 0 nitrogen and oxygen atoms in total. The molecule has 0 N–H and O–H groups in total. The van der Waals surface area contributed by atoms with Crippen molar-refractivity contribution in [3.63, 3.8) is 0 Å². The molecule has 0 aliphatic carbocycles. The van der Waals surface area contributed by atoms with E-state index < -0.39 is 0 Å². The van der Waals surface area contributed by atoms with Crippen LogP contribution in [0.15, 0.2) is 334 Å². The first-order valence-electron chi connectivity index (χ1n) is 41.4. The molecule has 0 atom stereocenters. The molecule has 15 aromatic carbocycles. The summed E-state index contributed by atoms with van der Waals surface area (Å²) in [6, 6.07) is 119. The van der Waals surface area contributed by atoms with Crippen LogP contribution in [0.1, 0.15) is 157 Å². The molecule has 15 rings (SSSR count). The maximum Gasteiger partial charge on any atom is -0.0125 e. The fraction of sp³-hybridized carbons (Fsp3) is 0.224. The van der Waals surface area contributed by atoms with E-state index in [1.54, 1.807) is 0 Å². The van der Waals surface area contributed by atoms with Gasteiger partial charge in [0.1, 0.15) is 0 Å². The van der Waals surface area contributed by atoms with E-state index in [1.165, 1.54) is 195 Å². The highest BCUT2D eigenvalue weighted by Gasteiger charge is 2.16. The van der Waals surface area contributed by atoms with Gasteiger partial charge in [0.25, 0.3) is 0 Å². The van der Waals surface area contributed by atoms with Gasteiger partial charge in [0, 0.05) is 0 Å². The molecule has 0 bridgehead atoms. The second-order valence-electron chi connectivity index (χ2n) is 33.2. The fourth-order valence-electron chi connectivity index (χ4n) is 14.1. The molecule has 0 aliphatic rings. The molecule has 0 fully saturated rings. The molecule has 0 radical (unpaired) electrons. The topological polar surface area (TPSA) is 0 Å². The molecule has 0 saturated heterocycles.